The number of hydrogen-bond acceptors (Lipinski definition) is 0. The van der Waals surface area contributed by atoms with Crippen LogP contribution in [0.1, 0.15) is 42.0 Å². The standard InChI is InChI=1S/C28H22/c1-17-18(2)26(27-20(17)16-15-19-9-3-4-10-21(19)27)28-24-13-7-5-11-22(24)23-12-6-8-14-25(23)28/h3-18H,1-2H3/t17-,18-/m0/s1. The van der Waals surface area contributed by atoms with Crippen molar-refractivity contribution >= 4 is 21.9 Å². The number of fused-ring (bicyclic) bond motifs is 6. The molecule has 28 heavy (non-hydrogen) atoms. The van der Waals surface area contributed by atoms with Crippen molar-refractivity contribution in [3.63, 3.8) is 0 Å². The predicted octanol–water partition coefficient (Wildman–Crippen LogP) is 7.53. The number of hydrogen-bond donors (Lipinski definition) is 0. The zero-order valence-corrected chi connectivity index (χ0v) is 16.2. The molecule has 0 saturated carbocycles. The van der Waals surface area contributed by atoms with Crippen molar-refractivity contribution in [1.29, 1.82) is 0 Å². The van der Waals surface area contributed by atoms with Crippen molar-refractivity contribution in [3.8, 4) is 11.1 Å². The van der Waals surface area contributed by atoms with E-state index in [4.69, 9.17) is 0 Å². The lowest BCUT2D eigenvalue weighted by molar-refractivity contribution is 0.637. The van der Waals surface area contributed by atoms with Crippen molar-refractivity contribution in [3.05, 3.63) is 107 Å². The van der Waals surface area contributed by atoms with E-state index in [1.807, 2.05) is 0 Å². The van der Waals surface area contributed by atoms with Crippen LogP contribution in [0.25, 0.3) is 33.0 Å². The molecule has 0 heteroatoms. The number of benzene rings is 4. The highest BCUT2D eigenvalue weighted by Gasteiger charge is 2.37. The fourth-order valence-corrected chi connectivity index (χ4v) is 5.38. The molecule has 0 aromatic heterocycles. The van der Waals surface area contributed by atoms with E-state index in [-0.39, 0.29) is 0 Å². The lowest BCUT2D eigenvalue weighted by Crippen LogP contribution is -2.00. The molecule has 6 rings (SSSR count). The van der Waals surface area contributed by atoms with Crippen LogP contribution in [0, 0.1) is 5.92 Å². The summed E-state index contributed by atoms with van der Waals surface area (Å²) in [4.78, 5) is 0. The van der Waals surface area contributed by atoms with E-state index in [0.717, 1.165) is 0 Å². The Kier molecular flexibility index (Phi) is 3.23. The average Bonchev–Trinajstić information content (AvgIpc) is 3.20. The van der Waals surface area contributed by atoms with Gasteiger partial charge in [-0.25, -0.2) is 0 Å². The quantitative estimate of drug-likeness (QED) is 0.268. The maximum absolute atomic E-state index is 2.41. The Bertz CT molecular complexity index is 1240. The van der Waals surface area contributed by atoms with E-state index in [9.17, 15) is 0 Å². The van der Waals surface area contributed by atoms with Gasteiger partial charge in [-0.2, -0.15) is 0 Å². The van der Waals surface area contributed by atoms with Gasteiger partial charge in [0.25, 0.3) is 0 Å². The van der Waals surface area contributed by atoms with E-state index < -0.39 is 0 Å². The highest BCUT2D eigenvalue weighted by Crippen LogP contribution is 2.56. The molecule has 0 radical (unpaired) electrons. The van der Waals surface area contributed by atoms with Crippen molar-refractivity contribution in [1.82, 2.24) is 0 Å². The Morgan fingerprint density at radius 3 is 1.79 bits per heavy atom. The molecule has 0 amide bonds. The molecule has 2 atom stereocenters. The normalized spacial score (nSPS) is 19.6. The van der Waals surface area contributed by atoms with Gasteiger partial charge >= 0.3 is 0 Å². The zero-order valence-electron chi connectivity index (χ0n) is 16.2. The Morgan fingerprint density at radius 1 is 0.536 bits per heavy atom. The second-order valence-electron chi connectivity index (χ2n) is 8.21. The summed E-state index contributed by atoms with van der Waals surface area (Å²) in [6.45, 7) is 4.80. The molecule has 2 aliphatic carbocycles. The zero-order chi connectivity index (χ0) is 18.8. The summed E-state index contributed by atoms with van der Waals surface area (Å²) in [7, 11) is 0. The third kappa shape index (κ3) is 1.95. The van der Waals surface area contributed by atoms with Gasteiger partial charge in [0, 0.05) is 0 Å². The molecule has 4 aromatic carbocycles. The van der Waals surface area contributed by atoms with Gasteiger partial charge in [0.1, 0.15) is 0 Å². The minimum Gasteiger partial charge on any atom is -0.0616 e. The number of rotatable bonds is 0. The van der Waals surface area contributed by atoms with Gasteiger partial charge in [0.05, 0.1) is 0 Å². The molecule has 0 N–H and O–H groups in total. The molecule has 134 valence electrons. The largest absolute Gasteiger partial charge is 0.0616 e. The third-order valence-corrected chi connectivity index (χ3v) is 6.88. The van der Waals surface area contributed by atoms with Crippen LogP contribution in [0.3, 0.4) is 0 Å². The first kappa shape index (κ1) is 15.9. The summed E-state index contributed by atoms with van der Waals surface area (Å²) in [5.41, 5.74) is 11.5. The fourth-order valence-electron chi connectivity index (χ4n) is 5.38. The molecule has 4 aromatic rings. The summed E-state index contributed by atoms with van der Waals surface area (Å²) < 4.78 is 0. The molecular weight excluding hydrogens is 336 g/mol. The summed E-state index contributed by atoms with van der Waals surface area (Å²) in [5, 5.41) is 2.72. The van der Waals surface area contributed by atoms with E-state index >= 15 is 0 Å². The van der Waals surface area contributed by atoms with Crippen LogP contribution in [0.2, 0.25) is 0 Å². The molecule has 0 heterocycles. The topological polar surface area (TPSA) is 0 Å². The second-order valence-corrected chi connectivity index (χ2v) is 8.21. The van der Waals surface area contributed by atoms with Crippen molar-refractivity contribution in [2.45, 2.75) is 19.8 Å². The van der Waals surface area contributed by atoms with E-state index in [1.54, 1.807) is 0 Å². The van der Waals surface area contributed by atoms with Crippen LogP contribution in [0.15, 0.2) is 84.9 Å². The first-order chi connectivity index (χ1) is 13.8. The van der Waals surface area contributed by atoms with Gasteiger partial charge in [-0.3, -0.25) is 0 Å². The molecule has 0 fully saturated rings. The first-order valence-corrected chi connectivity index (χ1v) is 10.2. The Hall–Kier alpha value is -3.12. The van der Waals surface area contributed by atoms with Crippen LogP contribution < -0.4 is 0 Å². The monoisotopic (exact) mass is 358 g/mol. The van der Waals surface area contributed by atoms with Gasteiger partial charge < -0.3 is 0 Å². The summed E-state index contributed by atoms with van der Waals surface area (Å²) >= 11 is 0. The lowest BCUT2D eigenvalue weighted by atomic mass is 9.87. The van der Waals surface area contributed by atoms with Crippen LogP contribution in [0.4, 0.5) is 0 Å². The molecule has 0 unspecified atom stereocenters. The highest BCUT2D eigenvalue weighted by atomic mass is 14.4. The van der Waals surface area contributed by atoms with E-state index in [0.29, 0.717) is 11.8 Å². The van der Waals surface area contributed by atoms with Gasteiger partial charge in [-0.05, 0) is 67.1 Å². The van der Waals surface area contributed by atoms with Crippen LogP contribution >= 0.6 is 0 Å². The van der Waals surface area contributed by atoms with Crippen molar-refractivity contribution < 1.29 is 0 Å². The van der Waals surface area contributed by atoms with Gasteiger partial charge in [-0.15, -0.1) is 0 Å². The Labute approximate surface area is 166 Å². The lowest BCUT2D eigenvalue weighted by Gasteiger charge is -2.16. The minimum absolute atomic E-state index is 0.495. The minimum atomic E-state index is 0.495. The third-order valence-electron chi connectivity index (χ3n) is 6.88. The van der Waals surface area contributed by atoms with Gasteiger partial charge in [0.2, 0.25) is 0 Å². The fraction of sp³-hybridized carbons (Fsp3) is 0.143. The maximum Gasteiger partial charge on any atom is -0.00576 e. The molecule has 0 nitrogen and oxygen atoms in total. The van der Waals surface area contributed by atoms with Crippen molar-refractivity contribution in [2.75, 3.05) is 0 Å². The second kappa shape index (κ2) is 5.69. The number of allylic oxidation sites excluding steroid dienone is 1. The molecule has 0 aliphatic heterocycles. The highest BCUT2D eigenvalue weighted by molar-refractivity contribution is 6.14. The Balaban J connectivity index is 1.80. The molecule has 0 spiro atoms. The predicted molar refractivity (Wildman–Crippen MR) is 119 cm³/mol. The smallest absolute Gasteiger partial charge is 0.00576 e. The molecule has 2 aliphatic rings. The SMILES string of the molecule is C[C@@H]1C(=C2c3ccccc3-c3ccccc32)c2c(ccc3ccccc23)[C@H]1C. The summed E-state index contributed by atoms with van der Waals surface area (Å²) in [5.74, 6) is 1.03. The average molecular weight is 358 g/mol. The summed E-state index contributed by atoms with van der Waals surface area (Å²) in [6.07, 6.45) is 0. The van der Waals surface area contributed by atoms with E-state index in [1.165, 1.54) is 55.3 Å². The van der Waals surface area contributed by atoms with E-state index in [2.05, 4.69) is 98.8 Å². The van der Waals surface area contributed by atoms with Crippen LogP contribution in [-0.2, 0) is 0 Å². The van der Waals surface area contributed by atoms with Crippen LogP contribution in [-0.4, -0.2) is 0 Å². The molecule has 0 bridgehead atoms. The molecular formula is C28H22. The van der Waals surface area contributed by atoms with Crippen LogP contribution in [0.5, 0.6) is 0 Å². The van der Waals surface area contributed by atoms with Gasteiger partial charge in [-0.1, -0.05) is 98.8 Å². The van der Waals surface area contributed by atoms with Gasteiger partial charge in [0.15, 0.2) is 0 Å². The van der Waals surface area contributed by atoms with Crippen molar-refractivity contribution in [2.24, 2.45) is 5.92 Å². The Morgan fingerprint density at radius 2 is 1.11 bits per heavy atom. The summed E-state index contributed by atoms with van der Waals surface area (Å²) in [6, 6.07) is 31.3. The molecule has 0 saturated heterocycles. The maximum atomic E-state index is 2.41. The first-order valence-electron chi connectivity index (χ1n) is 10.2.